The molecule has 0 fully saturated rings. The maximum Gasteiger partial charge on any atom is 0.269 e. The van der Waals surface area contributed by atoms with Crippen molar-refractivity contribution in [2.24, 2.45) is 16.7 Å². The average Bonchev–Trinajstić information content (AvgIpc) is 2.07. The zero-order valence-electron chi connectivity index (χ0n) is 6.40. The molecule has 4 nitrogen and oxygen atoms in total. The minimum Gasteiger partial charge on any atom is -0.364 e. The molecule has 4 N–H and O–H groups in total. The number of nitrogens with zero attached hydrogens (tertiary/aromatic N) is 1. The summed E-state index contributed by atoms with van der Waals surface area (Å²) in [6, 6.07) is 8.83. The van der Waals surface area contributed by atoms with Crippen molar-refractivity contribution in [1.82, 2.24) is 0 Å². The van der Waals surface area contributed by atoms with Crippen molar-refractivity contribution in [3.8, 4) is 0 Å². The van der Waals surface area contributed by atoms with Crippen LogP contribution in [0.25, 0.3) is 0 Å². The van der Waals surface area contributed by atoms with Crippen LogP contribution in [0.2, 0.25) is 0 Å². The van der Waals surface area contributed by atoms with Gasteiger partial charge in [-0.3, -0.25) is 4.79 Å². The van der Waals surface area contributed by atoms with Crippen LogP contribution < -0.4 is 11.6 Å². The van der Waals surface area contributed by atoms with E-state index >= 15 is 0 Å². The van der Waals surface area contributed by atoms with Crippen molar-refractivity contribution in [3.05, 3.63) is 35.9 Å². The maximum atomic E-state index is 10.7. The van der Waals surface area contributed by atoms with Gasteiger partial charge in [-0.05, 0) is 0 Å². The molecule has 0 aromatic heterocycles. The highest BCUT2D eigenvalue weighted by Gasteiger charge is 2.07. The SMILES string of the molecule is N/N=C(/C(N)=O)c1ccccc1. The molecule has 0 heterocycles. The predicted octanol–water partition coefficient (Wildman–Crippen LogP) is -0.165. The molecule has 0 spiro atoms. The molecule has 0 unspecified atom stereocenters. The van der Waals surface area contributed by atoms with Crippen molar-refractivity contribution >= 4 is 11.6 Å². The third-order valence-electron chi connectivity index (χ3n) is 1.41. The highest BCUT2D eigenvalue weighted by molar-refractivity contribution is 6.44. The summed E-state index contributed by atoms with van der Waals surface area (Å²) in [7, 11) is 0. The molecule has 0 saturated heterocycles. The van der Waals surface area contributed by atoms with Crippen LogP contribution in [0.5, 0.6) is 0 Å². The molecule has 12 heavy (non-hydrogen) atoms. The van der Waals surface area contributed by atoms with Gasteiger partial charge in [0.2, 0.25) is 0 Å². The van der Waals surface area contributed by atoms with Crippen LogP contribution >= 0.6 is 0 Å². The molecule has 4 heteroatoms. The van der Waals surface area contributed by atoms with Gasteiger partial charge in [-0.25, -0.2) is 0 Å². The Kier molecular flexibility index (Phi) is 2.42. The van der Waals surface area contributed by atoms with Crippen molar-refractivity contribution in [2.45, 2.75) is 0 Å². The van der Waals surface area contributed by atoms with Gasteiger partial charge in [0, 0.05) is 5.56 Å². The predicted molar refractivity (Wildman–Crippen MR) is 46.4 cm³/mol. The largest absolute Gasteiger partial charge is 0.364 e. The summed E-state index contributed by atoms with van der Waals surface area (Å²) in [4.78, 5) is 10.7. The van der Waals surface area contributed by atoms with Gasteiger partial charge in [0.25, 0.3) is 5.91 Å². The van der Waals surface area contributed by atoms with Gasteiger partial charge in [0.05, 0.1) is 0 Å². The first-order valence-electron chi connectivity index (χ1n) is 3.39. The molecule has 62 valence electrons. The first-order chi connectivity index (χ1) is 5.75. The monoisotopic (exact) mass is 163 g/mol. The Bertz CT molecular complexity index is 305. The zero-order valence-corrected chi connectivity index (χ0v) is 6.40. The molecule has 1 aromatic carbocycles. The molecule has 1 rings (SSSR count). The molecular formula is C8H9N3O. The topological polar surface area (TPSA) is 81.5 Å². The number of amides is 1. The number of nitrogens with two attached hydrogens (primary N) is 2. The van der Waals surface area contributed by atoms with E-state index in [1.807, 2.05) is 6.07 Å². The molecule has 0 aliphatic rings. The van der Waals surface area contributed by atoms with Crippen LogP contribution in [0.1, 0.15) is 5.56 Å². The fourth-order valence-electron chi connectivity index (χ4n) is 0.876. The van der Waals surface area contributed by atoms with Crippen LogP contribution in [0, 0.1) is 0 Å². The van der Waals surface area contributed by atoms with E-state index < -0.39 is 5.91 Å². The Balaban J connectivity index is 3.05. The second-order valence-corrected chi connectivity index (χ2v) is 2.21. The molecule has 0 aliphatic carbocycles. The molecular weight excluding hydrogens is 154 g/mol. The lowest BCUT2D eigenvalue weighted by Crippen LogP contribution is -2.25. The number of hydrazone groups is 1. The van der Waals surface area contributed by atoms with Gasteiger partial charge < -0.3 is 11.6 Å². The second kappa shape index (κ2) is 3.52. The number of benzene rings is 1. The van der Waals surface area contributed by atoms with Crippen LogP contribution in [-0.2, 0) is 4.79 Å². The van der Waals surface area contributed by atoms with E-state index in [-0.39, 0.29) is 5.71 Å². The lowest BCUT2D eigenvalue weighted by atomic mass is 10.1. The van der Waals surface area contributed by atoms with Crippen molar-refractivity contribution in [1.29, 1.82) is 0 Å². The maximum absolute atomic E-state index is 10.7. The third-order valence-corrected chi connectivity index (χ3v) is 1.41. The molecule has 0 saturated carbocycles. The van der Waals surface area contributed by atoms with E-state index in [9.17, 15) is 4.79 Å². The summed E-state index contributed by atoms with van der Waals surface area (Å²) in [5, 5.41) is 3.30. The minimum atomic E-state index is -0.622. The van der Waals surface area contributed by atoms with E-state index in [2.05, 4.69) is 5.10 Å². The first-order valence-corrected chi connectivity index (χ1v) is 3.39. The highest BCUT2D eigenvalue weighted by Crippen LogP contribution is 1.99. The quantitative estimate of drug-likeness (QED) is 0.360. The average molecular weight is 163 g/mol. The Morgan fingerprint density at radius 1 is 1.25 bits per heavy atom. The standard InChI is InChI=1S/C8H9N3O/c9-8(12)7(11-10)6-4-2-1-3-5-6/h1-5H,10H2,(H2,9,12)/b11-7+. The Morgan fingerprint density at radius 3 is 2.25 bits per heavy atom. The van der Waals surface area contributed by atoms with Crippen molar-refractivity contribution in [2.75, 3.05) is 0 Å². The molecule has 0 atom stereocenters. The summed E-state index contributed by atoms with van der Waals surface area (Å²) >= 11 is 0. The van der Waals surface area contributed by atoms with Crippen molar-refractivity contribution < 1.29 is 4.79 Å². The van der Waals surface area contributed by atoms with Crippen LogP contribution in [0.15, 0.2) is 35.4 Å². The fraction of sp³-hybridized carbons (Fsp3) is 0. The number of primary amides is 1. The normalized spacial score (nSPS) is 11.2. The second-order valence-electron chi connectivity index (χ2n) is 2.21. The highest BCUT2D eigenvalue weighted by atomic mass is 16.1. The number of hydrogen-bond acceptors (Lipinski definition) is 3. The van der Waals surface area contributed by atoms with E-state index in [0.29, 0.717) is 5.56 Å². The molecule has 1 amide bonds. The van der Waals surface area contributed by atoms with E-state index in [4.69, 9.17) is 11.6 Å². The molecule has 0 bridgehead atoms. The number of carbonyl (C=O) groups excluding carboxylic acids is 1. The third kappa shape index (κ3) is 1.60. The number of carbonyl (C=O) groups is 1. The smallest absolute Gasteiger partial charge is 0.269 e. The minimum absolute atomic E-state index is 0.0931. The Hall–Kier alpha value is -1.84. The van der Waals surface area contributed by atoms with Gasteiger partial charge in [-0.2, -0.15) is 5.10 Å². The van der Waals surface area contributed by atoms with E-state index in [1.165, 1.54) is 0 Å². The first kappa shape index (κ1) is 8.26. The summed E-state index contributed by atoms with van der Waals surface area (Å²) in [5.74, 6) is 4.37. The van der Waals surface area contributed by atoms with Crippen molar-refractivity contribution in [3.63, 3.8) is 0 Å². The van der Waals surface area contributed by atoms with Crippen LogP contribution in [-0.4, -0.2) is 11.6 Å². The van der Waals surface area contributed by atoms with E-state index in [0.717, 1.165) is 0 Å². The van der Waals surface area contributed by atoms with Gasteiger partial charge in [-0.15, -0.1) is 0 Å². The van der Waals surface area contributed by atoms with Gasteiger partial charge in [-0.1, -0.05) is 30.3 Å². The molecule has 0 aliphatic heterocycles. The Morgan fingerprint density at radius 2 is 1.83 bits per heavy atom. The summed E-state index contributed by atoms with van der Waals surface area (Å²) in [6.07, 6.45) is 0. The summed E-state index contributed by atoms with van der Waals surface area (Å²) in [6.45, 7) is 0. The summed E-state index contributed by atoms with van der Waals surface area (Å²) < 4.78 is 0. The lowest BCUT2D eigenvalue weighted by Gasteiger charge is -1.98. The Labute approximate surface area is 69.9 Å². The van der Waals surface area contributed by atoms with Gasteiger partial charge in [0.1, 0.15) is 0 Å². The van der Waals surface area contributed by atoms with Gasteiger partial charge in [0.15, 0.2) is 5.71 Å². The van der Waals surface area contributed by atoms with Crippen LogP contribution in [0.3, 0.4) is 0 Å². The lowest BCUT2D eigenvalue weighted by molar-refractivity contribution is -0.111. The van der Waals surface area contributed by atoms with Crippen LogP contribution in [0.4, 0.5) is 0 Å². The summed E-state index contributed by atoms with van der Waals surface area (Å²) in [5.41, 5.74) is 5.75. The number of rotatable bonds is 2. The molecule has 1 aromatic rings. The zero-order chi connectivity index (χ0) is 8.97. The van der Waals surface area contributed by atoms with E-state index in [1.54, 1.807) is 24.3 Å². The molecule has 0 radical (unpaired) electrons. The fourth-order valence-corrected chi connectivity index (χ4v) is 0.876. The van der Waals surface area contributed by atoms with Gasteiger partial charge >= 0.3 is 0 Å². The number of hydrogen-bond donors (Lipinski definition) is 2.